The maximum Gasteiger partial charge on any atom is 0.306 e. The summed E-state index contributed by atoms with van der Waals surface area (Å²) < 4.78 is 4.96. The lowest BCUT2D eigenvalue weighted by molar-refractivity contribution is -0.142. The molecule has 0 saturated carbocycles. The van der Waals surface area contributed by atoms with Crippen LogP contribution >= 0.6 is 0 Å². The van der Waals surface area contributed by atoms with Gasteiger partial charge in [0, 0.05) is 6.42 Å². The van der Waals surface area contributed by atoms with E-state index in [0.717, 1.165) is 25.7 Å². The second-order valence-corrected chi connectivity index (χ2v) is 8.25. The van der Waals surface area contributed by atoms with E-state index >= 15 is 0 Å². The number of rotatable bonds is 12. The minimum atomic E-state index is -0.719. The van der Waals surface area contributed by atoms with Crippen LogP contribution in [0.25, 0.3) is 0 Å². The molecule has 1 unspecified atom stereocenters. The summed E-state index contributed by atoms with van der Waals surface area (Å²) in [6.45, 7) is 16.5. The molecule has 0 bridgehead atoms. The van der Waals surface area contributed by atoms with Gasteiger partial charge >= 0.3 is 11.9 Å². The van der Waals surface area contributed by atoms with Crippen molar-refractivity contribution in [1.29, 1.82) is 0 Å². The van der Waals surface area contributed by atoms with Gasteiger partial charge in [0.15, 0.2) is 0 Å². The fourth-order valence-electron chi connectivity index (χ4n) is 2.24. The van der Waals surface area contributed by atoms with Crippen LogP contribution in [-0.4, -0.2) is 23.7 Å². The first-order chi connectivity index (χ1) is 14.0. The van der Waals surface area contributed by atoms with E-state index in [-0.39, 0.29) is 11.9 Å². The molecule has 0 aliphatic heterocycles. The lowest BCUT2D eigenvalue weighted by Crippen LogP contribution is -2.07. The Balaban J connectivity index is 0. The van der Waals surface area contributed by atoms with Crippen LogP contribution in [0.3, 0.4) is 0 Å². The Labute approximate surface area is 184 Å². The number of carbonyl (C=O) groups is 2. The number of carboxylic acids is 1. The number of carboxylic acid groups (broad SMARTS) is 1. The van der Waals surface area contributed by atoms with Crippen molar-refractivity contribution in [3.8, 4) is 0 Å². The molecule has 0 heterocycles. The molecule has 0 aliphatic carbocycles. The molecule has 1 N–H and O–H groups in total. The molecule has 4 heteroatoms. The maximum atomic E-state index is 10.8. The molecular formula is C26H44O4. The summed E-state index contributed by atoms with van der Waals surface area (Å²) in [7, 11) is 0. The summed E-state index contributed by atoms with van der Waals surface area (Å²) in [6, 6.07) is 0. The van der Waals surface area contributed by atoms with E-state index in [4.69, 9.17) is 9.84 Å². The van der Waals surface area contributed by atoms with Gasteiger partial charge in [-0.25, -0.2) is 0 Å². The maximum absolute atomic E-state index is 10.8. The molecule has 0 aromatic rings. The fourth-order valence-corrected chi connectivity index (χ4v) is 2.24. The number of ether oxygens (including phenoxy) is 1. The Morgan fingerprint density at radius 3 is 1.70 bits per heavy atom. The van der Waals surface area contributed by atoms with Gasteiger partial charge in [0.05, 0.1) is 5.92 Å². The van der Waals surface area contributed by atoms with Crippen LogP contribution in [0.2, 0.25) is 0 Å². The molecule has 4 nitrogen and oxygen atoms in total. The van der Waals surface area contributed by atoms with E-state index in [1.165, 1.54) is 22.3 Å². The van der Waals surface area contributed by atoms with Gasteiger partial charge in [-0.1, -0.05) is 54.4 Å². The fraction of sp³-hybridized carbons (Fsp3) is 0.615. The molecular weight excluding hydrogens is 376 g/mol. The summed E-state index contributed by atoms with van der Waals surface area (Å²) in [5, 5.41) is 8.70. The highest BCUT2D eigenvalue weighted by atomic mass is 16.5. The first-order valence-electron chi connectivity index (χ1n) is 11.0. The smallest absolute Gasteiger partial charge is 0.306 e. The highest BCUT2D eigenvalue weighted by Crippen LogP contribution is 2.11. The molecule has 0 rings (SSSR count). The van der Waals surface area contributed by atoms with Crippen LogP contribution < -0.4 is 0 Å². The molecule has 0 saturated heterocycles. The summed E-state index contributed by atoms with van der Waals surface area (Å²) >= 11 is 0. The van der Waals surface area contributed by atoms with Crippen LogP contribution in [0, 0.1) is 5.92 Å². The Bertz CT molecular complexity index is 611. The molecule has 1 atom stereocenters. The van der Waals surface area contributed by atoms with Crippen molar-refractivity contribution in [1.82, 2.24) is 0 Å². The van der Waals surface area contributed by atoms with Gasteiger partial charge in [-0.3, -0.25) is 9.59 Å². The van der Waals surface area contributed by atoms with Gasteiger partial charge < -0.3 is 9.84 Å². The van der Waals surface area contributed by atoms with Gasteiger partial charge in [0.25, 0.3) is 0 Å². The van der Waals surface area contributed by atoms with Crippen LogP contribution in [0.15, 0.2) is 46.6 Å². The molecule has 172 valence electrons. The Morgan fingerprint density at radius 1 is 0.833 bits per heavy atom. The predicted molar refractivity (Wildman–Crippen MR) is 128 cm³/mol. The Kier molecular flexibility index (Phi) is 19.0. The van der Waals surface area contributed by atoms with Crippen molar-refractivity contribution in [2.45, 2.75) is 93.9 Å². The van der Waals surface area contributed by atoms with Gasteiger partial charge in [0.1, 0.15) is 6.61 Å². The van der Waals surface area contributed by atoms with Crippen LogP contribution in [0.5, 0.6) is 0 Å². The SMILES string of the molecule is CC(C)=CCC/C(C)=C\CC(C)C(=O)O.CCC(=O)OC/C=C(/C)CCC=C(C)C. The van der Waals surface area contributed by atoms with E-state index in [2.05, 4.69) is 53.7 Å². The lowest BCUT2D eigenvalue weighted by atomic mass is 10.0. The van der Waals surface area contributed by atoms with E-state index in [0.29, 0.717) is 19.4 Å². The van der Waals surface area contributed by atoms with Gasteiger partial charge in [-0.15, -0.1) is 0 Å². The zero-order valence-corrected chi connectivity index (χ0v) is 20.5. The molecule has 0 aromatic heterocycles. The van der Waals surface area contributed by atoms with Gasteiger partial charge in [-0.2, -0.15) is 0 Å². The van der Waals surface area contributed by atoms with Crippen molar-refractivity contribution in [3.63, 3.8) is 0 Å². The van der Waals surface area contributed by atoms with Crippen molar-refractivity contribution in [3.05, 3.63) is 46.6 Å². The van der Waals surface area contributed by atoms with Crippen molar-refractivity contribution in [2.75, 3.05) is 6.61 Å². The number of hydrogen-bond donors (Lipinski definition) is 1. The number of esters is 1. The molecule has 0 aromatic carbocycles. The molecule has 0 spiro atoms. The quantitative estimate of drug-likeness (QED) is 0.263. The van der Waals surface area contributed by atoms with E-state index in [9.17, 15) is 9.59 Å². The second-order valence-electron chi connectivity index (χ2n) is 8.25. The Morgan fingerprint density at radius 2 is 1.30 bits per heavy atom. The monoisotopic (exact) mass is 420 g/mol. The lowest BCUT2D eigenvalue weighted by Gasteiger charge is -2.03. The minimum Gasteiger partial charge on any atom is -0.481 e. The first-order valence-corrected chi connectivity index (χ1v) is 11.0. The summed E-state index contributed by atoms with van der Waals surface area (Å²) in [4.78, 5) is 21.4. The van der Waals surface area contributed by atoms with E-state index in [1.807, 2.05) is 12.2 Å². The average molecular weight is 421 g/mol. The van der Waals surface area contributed by atoms with E-state index < -0.39 is 5.97 Å². The zero-order chi connectivity index (χ0) is 23.5. The van der Waals surface area contributed by atoms with Crippen molar-refractivity contribution < 1.29 is 19.4 Å². The zero-order valence-electron chi connectivity index (χ0n) is 20.5. The molecule has 0 radical (unpaired) electrons. The Hall–Kier alpha value is -2.10. The van der Waals surface area contributed by atoms with Crippen molar-refractivity contribution >= 4 is 11.9 Å². The number of aliphatic carboxylic acids is 1. The first kappa shape index (κ1) is 30.1. The number of allylic oxidation sites excluding steroid dienone is 7. The van der Waals surface area contributed by atoms with Crippen LogP contribution in [0.1, 0.15) is 93.9 Å². The topological polar surface area (TPSA) is 63.6 Å². The summed E-state index contributed by atoms with van der Waals surface area (Å²) in [5.74, 6) is -1.13. The standard InChI is InChI=1S/2C13H22O2/c1-10(2)6-5-7-11(3)8-9-12(4)13(14)15;1-5-13(14)15-10-9-12(4)8-6-7-11(2)3/h6,8,12H,5,7,9H2,1-4H3,(H,14,15);7,9H,5-6,8,10H2,1-4H3/b11-8-;12-9-. The number of hydrogen-bond acceptors (Lipinski definition) is 3. The number of carbonyl (C=O) groups excluding carboxylic acids is 1. The third-order valence-corrected chi connectivity index (χ3v) is 4.39. The normalized spacial score (nSPS) is 12.3. The third kappa shape index (κ3) is 22.2. The molecule has 0 aliphatic rings. The largest absolute Gasteiger partial charge is 0.481 e. The predicted octanol–water partition coefficient (Wildman–Crippen LogP) is 7.42. The second kappa shape index (κ2) is 18.9. The third-order valence-electron chi connectivity index (χ3n) is 4.39. The van der Waals surface area contributed by atoms with Crippen LogP contribution in [-0.2, 0) is 14.3 Å². The molecule has 0 fully saturated rings. The van der Waals surface area contributed by atoms with E-state index in [1.54, 1.807) is 13.8 Å². The van der Waals surface area contributed by atoms with Crippen molar-refractivity contribution in [2.24, 2.45) is 5.92 Å². The highest BCUT2D eigenvalue weighted by molar-refractivity contribution is 5.69. The summed E-state index contributed by atoms with van der Waals surface area (Å²) in [5.41, 5.74) is 5.24. The average Bonchev–Trinajstić information content (AvgIpc) is 2.65. The van der Waals surface area contributed by atoms with Gasteiger partial charge in [-0.05, 0) is 79.7 Å². The van der Waals surface area contributed by atoms with Gasteiger partial charge in [0.2, 0.25) is 0 Å². The summed E-state index contributed by atoms with van der Waals surface area (Å²) in [6.07, 6.45) is 13.7. The van der Waals surface area contributed by atoms with Crippen LogP contribution in [0.4, 0.5) is 0 Å². The highest BCUT2D eigenvalue weighted by Gasteiger charge is 2.08. The molecule has 0 amide bonds. The molecule has 30 heavy (non-hydrogen) atoms. The minimum absolute atomic E-state index is 0.136.